The van der Waals surface area contributed by atoms with Gasteiger partial charge in [0.25, 0.3) is 0 Å². The van der Waals surface area contributed by atoms with Crippen LogP contribution in [0.4, 0.5) is 11.6 Å². The molecule has 0 saturated carbocycles. The van der Waals surface area contributed by atoms with Gasteiger partial charge in [0.05, 0.1) is 13.2 Å². The van der Waals surface area contributed by atoms with Gasteiger partial charge in [0, 0.05) is 62.4 Å². The van der Waals surface area contributed by atoms with Crippen LogP contribution in [-0.4, -0.2) is 55.4 Å². The van der Waals surface area contributed by atoms with Crippen LogP contribution in [0, 0.1) is 0 Å². The minimum absolute atomic E-state index is 0.513. The molecule has 6 heteroatoms. The van der Waals surface area contributed by atoms with E-state index in [2.05, 4.69) is 55.4 Å². The Hall–Kier alpha value is -2.18. The minimum atomic E-state index is 0.513. The third-order valence-electron chi connectivity index (χ3n) is 4.89. The summed E-state index contributed by atoms with van der Waals surface area (Å²) < 4.78 is 5.37. The fourth-order valence-corrected chi connectivity index (χ4v) is 3.43. The smallest absolute Gasteiger partial charge is 0.225 e. The van der Waals surface area contributed by atoms with Gasteiger partial charge < -0.3 is 19.9 Å². The molecule has 0 spiro atoms. The third kappa shape index (κ3) is 4.08. The number of aromatic nitrogens is 2. The molecule has 2 aromatic rings. The van der Waals surface area contributed by atoms with Crippen LogP contribution in [0.5, 0.6) is 0 Å². The zero-order valence-corrected chi connectivity index (χ0v) is 14.5. The van der Waals surface area contributed by atoms with Crippen LogP contribution in [0.2, 0.25) is 0 Å². The average Bonchev–Trinajstić information content (AvgIpc) is 3.17. The van der Waals surface area contributed by atoms with Gasteiger partial charge in [-0.25, -0.2) is 9.97 Å². The predicted molar refractivity (Wildman–Crippen MR) is 99.0 cm³/mol. The van der Waals surface area contributed by atoms with Gasteiger partial charge in [-0.2, -0.15) is 0 Å². The maximum atomic E-state index is 5.37. The van der Waals surface area contributed by atoms with E-state index in [-0.39, 0.29) is 0 Å². The summed E-state index contributed by atoms with van der Waals surface area (Å²) in [6.07, 6.45) is 5.05. The standard InChI is InChI=1S/C19H25N5O/c1-2-4-18(5-3-1)24-7-6-17(15-24)20-12-16-13-21-19(22-14-16)23-8-10-25-11-9-23/h1-5,13-14,17,20H,6-12,15H2/t17-/m0/s1. The Labute approximate surface area is 148 Å². The van der Waals surface area contributed by atoms with Crippen molar-refractivity contribution in [2.75, 3.05) is 49.2 Å². The minimum Gasteiger partial charge on any atom is -0.378 e. The number of nitrogens with one attached hydrogen (secondary N) is 1. The first-order valence-corrected chi connectivity index (χ1v) is 9.05. The first-order valence-electron chi connectivity index (χ1n) is 9.05. The highest BCUT2D eigenvalue weighted by Crippen LogP contribution is 2.20. The Morgan fingerprint density at radius 2 is 1.76 bits per heavy atom. The van der Waals surface area contributed by atoms with Crippen molar-refractivity contribution in [3.8, 4) is 0 Å². The molecule has 132 valence electrons. The number of nitrogens with zero attached hydrogens (tertiary/aromatic N) is 4. The lowest BCUT2D eigenvalue weighted by molar-refractivity contribution is 0.122. The molecule has 4 rings (SSSR count). The maximum Gasteiger partial charge on any atom is 0.225 e. The molecule has 6 nitrogen and oxygen atoms in total. The van der Waals surface area contributed by atoms with Crippen LogP contribution in [0.1, 0.15) is 12.0 Å². The molecule has 1 aromatic carbocycles. The fraction of sp³-hybridized carbons (Fsp3) is 0.474. The average molecular weight is 339 g/mol. The molecule has 3 heterocycles. The van der Waals surface area contributed by atoms with Crippen LogP contribution in [0.25, 0.3) is 0 Å². The second-order valence-electron chi connectivity index (χ2n) is 6.64. The Morgan fingerprint density at radius 3 is 2.52 bits per heavy atom. The van der Waals surface area contributed by atoms with E-state index in [0.29, 0.717) is 6.04 Å². The van der Waals surface area contributed by atoms with E-state index in [1.165, 1.54) is 12.1 Å². The number of hydrogen-bond donors (Lipinski definition) is 1. The van der Waals surface area contributed by atoms with Crippen molar-refractivity contribution in [2.24, 2.45) is 0 Å². The van der Waals surface area contributed by atoms with E-state index >= 15 is 0 Å². The van der Waals surface area contributed by atoms with Crippen molar-refractivity contribution in [1.29, 1.82) is 0 Å². The first-order chi connectivity index (χ1) is 12.4. The largest absolute Gasteiger partial charge is 0.378 e. The summed E-state index contributed by atoms with van der Waals surface area (Å²) in [5, 5.41) is 3.64. The van der Waals surface area contributed by atoms with Gasteiger partial charge in [-0.05, 0) is 18.6 Å². The highest BCUT2D eigenvalue weighted by atomic mass is 16.5. The van der Waals surface area contributed by atoms with Crippen molar-refractivity contribution in [3.63, 3.8) is 0 Å². The Balaban J connectivity index is 1.27. The summed E-state index contributed by atoms with van der Waals surface area (Å²) in [5.41, 5.74) is 2.44. The molecule has 0 amide bonds. The summed E-state index contributed by atoms with van der Waals surface area (Å²) in [5.74, 6) is 0.808. The van der Waals surface area contributed by atoms with Crippen molar-refractivity contribution in [2.45, 2.75) is 19.0 Å². The zero-order valence-electron chi connectivity index (χ0n) is 14.5. The molecule has 1 N–H and O–H groups in total. The molecule has 0 radical (unpaired) electrons. The van der Waals surface area contributed by atoms with Gasteiger partial charge >= 0.3 is 0 Å². The Morgan fingerprint density at radius 1 is 1.00 bits per heavy atom. The number of morpholine rings is 1. The van der Waals surface area contributed by atoms with E-state index < -0.39 is 0 Å². The van der Waals surface area contributed by atoms with Crippen LogP contribution in [0.3, 0.4) is 0 Å². The van der Waals surface area contributed by atoms with Crippen molar-refractivity contribution >= 4 is 11.6 Å². The Kier molecular flexibility index (Phi) is 5.09. The molecule has 0 aliphatic carbocycles. The molecule has 0 bridgehead atoms. The SMILES string of the molecule is c1ccc(N2CC[C@H](NCc3cnc(N4CCOCC4)nc3)C2)cc1. The predicted octanol–water partition coefficient (Wildman–Crippen LogP) is 1.68. The summed E-state index contributed by atoms with van der Waals surface area (Å²) >= 11 is 0. The van der Waals surface area contributed by atoms with Crippen LogP contribution in [0.15, 0.2) is 42.7 Å². The number of hydrogen-bond acceptors (Lipinski definition) is 6. The summed E-state index contributed by atoms with van der Waals surface area (Å²) in [6, 6.07) is 11.1. The summed E-state index contributed by atoms with van der Waals surface area (Å²) in [6.45, 7) is 6.23. The van der Waals surface area contributed by atoms with E-state index in [1.807, 2.05) is 12.4 Å². The number of anilines is 2. The van der Waals surface area contributed by atoms with Crippen molar-refractivity contribution in [1.82, 2.24) is 15.3 Å². The molecule has 1 atom stereocenters. The van der Waals surface area contributed by atoms with E-state index in [9.17, 15) is 0 Å². The zero-order chi connectivity index (χ0) is 16.9. The molecule has 1 aromatic heterocycles. The van der Waals surface area contributed by atoms with Gasteiger partial charge in [0.15, 0.2) is 0 Å². The van der Waals surface area contributed by atoms with Crippen LogP contribution >= 0.6 is 0 Å². The molecular formula is C19H25N5O. The second kappa shape index (κ2) is 7.80. The second-order valence-corrected chi connectivity index (χ2v) is 6.64. The first kappa shape index (κ1) is 16.3. The molecule has 25 heavy (non-hydrogen) atoms. The van der Waals surface area contributed by atoms with Crippen LogP contribution < -0.4 is 15.1 Å². The van der Waals surface area contributed by atoms with Crippen molar-refractivity contribution < 1.29 is 4.74 Å². The lowest BCUT2D eigenvalue weighted by Crippen LogP contribution is -2.37. The molecule has 2 aliphatic rings. The van der Waals surface area contributed by atoms with Gasteiger partial charge in [0.2, 0.25) is 5.95 Å². The van der Waals surface area contributed by atoms with Gasteiger partial charge in [-0.1, -0.05) is 18.2 Å². The third-order valence-corrected chi connectivity index (χ3v) is 4.89. The molecule has 2 saturated heterocycles. The quantitative estimate of drug-likeness (QED) is 0.895. The topological polar surface area (TPSA) is 53.5 Å². The lowest BCUT2D eigenvalue weighted by atomic mass is 10.2. The lowest BCUT2D eigenvalue weighted by Gasteiger charge is -2.26. The van der Waals surface area contributed by atoms with E-state index in [1.54, 1.807) is 0 Å². The van der Waals surface area contributed by atoms with E-state index in [4.69, 9.17) is 4.74 Å². The van der Waals surface area contributed by atoms with Gasteiger partial charge in [-0.15, -0.1) is 0 Å². The van der Waals surface area contributed by atoms with E-state index in [0.717, 1.165) is 57.4 Å². The molecule has 2 fully saturated rings. The number of para-hydroxylation sites is 1. The Bertz CT molecular complexity index is 657. The van der Waals surface area contributed by atoms with Gasteiger partial charge in [-0.3, -0.25) is 0 Å². The summed E-state index contributed by atoms with van der Waals surface area (Å²) in [7, 11) is 0. The fourth-order valence-electron chi connectivity index (χ4n) is 3.43. The number of ether oxygens (including phenoxy) is 1. The molecular weight excluding hydrogens is 314 g/mol. The number of benzene rings is 1. The summed E-state index contributed by atoms with van der Waals surface area (Å²) in [4.78, 5) is 13.7. The maximum absolute atomic E-state index is 5.37. The molecule has 0 unspecified atom stereocenters. The normalized spacial score (nSPS) is 20.9. The highest BCUT2D eigenvalue weighted by Gasteiger charge is 2.22. The number of rotatable bonds is 5. The molecule has 2 aliphatic heterocycles. The van der Waals surface area contributed by atoms with Crippen molar-refractivity contribution in [3.05, 3.63) is 48.3 Å². The monoisotopic (exact) mass is 339 g/mol. The van der Waals surface area contributed by atoms with Crippen LogP contribution in [-0.2, 0) is 11.3 Å². The highest BCUT2D eigenvalue weighted by molar-refractivity contribution is 5.47. The van der Waals surface area contributed by atoms with Gasteiger partial charge in [0.1, 0.15) is 0 Å².